The highest BCUT2D eigenvalue weighted by Crippen LogP contribution is 2.37. The van der Waals surface area contributed by atoms with Gasteiger partial charge in [-0.1, -0.05) is 25.5 Å². The van der Waals surface area contributed by atoms with Gasteiger partial charge in [-0.25, -0.2) is 15.0 Å². The van der Waals surface area contributed by atoms with Crippen LogP contribution in [0.1, 0.15) is 56.5 Å². The Bertz CT molecular complexity index is 1130. The Labute approximate surface area is 222 Å². The molecular formula is C28H37F3N6O. The molecule has 0 bridgehead atoms. The van der Waals surface area contributed by atoms with E-state index in [4.69, 9.17) is 4.74 Å². The molecule has 0 aliphatic carbocycles. The topological polar surface area (TPSA) is 59.3 Å². The fourth-order valence-corrected chi connectivity index (χ4v) is 4.84. The average Bonchev–Trinajstić information content (AvgIpc) is 3.41. The van der Waals surface area contributed by atoms with Crippen LogP contribution in [0.3, 0.4) is 0 Å². The van der Waals surface area contributed by atoms with E-state index in [-0.39, 0.29) is 0 Å². The zero-order chi connectivity index (χ0) is 27.0. The van der Waals surface area contributed by atoms with Gasteiger partial charge in [0.15, 0.2) is 0 Å². The summed E-state index contributed by atoms with van der Waals surface area (Å²) in [7, 11) is 0. The van der Waals surface area contributed by atoms with Gasteiger partial charge in [0.2, 0.25) is 5.95 Å². The molecule has 0 radical (unpaired) electrons. The lowest BCUT2D eigenvalue weighted by Gasteiger charge is -2.34. The van der Waals surface area contributed by atoms with Gasteiger partial charge >= 0.3 is 6.18 Å². The summed E-state index contributed by atoms with van der Waals surface area (Å²) < 4.78 is 49.0. The summed E-state index contributed by atoms with van der Waals surface area (Å²) in [6.45, 7) is 9.69. The molecule has 2 aromatic heterocycles. The highest BCUT2D eigenvalue weighted by Gasteiger charge is 2.37. The van der Waals surface area contributed by atoms with Crippen molar-refractivity contribution in [2.24, 2.45) is 0 Å². The Morgan fingerprint density at radius 3 is 2.32 bits per heavy atom. The second kappa shape index (κ2) is 12.7. The van der Waals surface area contributed by atoms with Gasteiger partial charge in [-0.05, 0) is 56.5 Å². The van der Waals surface area contributed by atoms with Crippen molar-refractivity contribution in [3.8, 4) is 0 Å². The van der Waals surface area contributed by atoms with Gasteiger partial charge in [0.25, 0.3) is 0 Å². The maximum absolute atomic E-state index is 13.5. The summed E-state index contributed by atoms with van der Waals surface area (Å²) in [4.78, 5) is 17.8. The second-order valence-corrected chi connectivity index (χ2v) is 9.84. The fourth-order valence-electron chi connectivity index (χ4n) is 4.84. The molecule has 1 aromatic carbocycles. The molecule has 0 N–H and O–H groups in total. The standard InChI is InChI=1S/C28H37F3N6O/c1-3-4-15-36-16-13-32-25(36)27(2,23-9-7-10-24(22-23)28(29,30)31)38-21-6-5-14-35-17-19-37(20-18-35)26-33-11-8-12-34-26/h7-13,16,22H,3-6,14-15,17-21H2,1-2H3. The van der Waals surface area contributed by atoms with Crippen LogP contribution < -0.4 is 4.90 Å². The largest absolute Gasteiger partial charge is 0.416 e. The Kier molecular flexibility index (Phi) is 9.38. The first-order valence-electron chi connectivity index (χ1n) is 13.4. The van der Waals surface area contributed by atoms with E-state index in [0.717, 1.165) is 77.0 Å². The van der Waals surface area contributed by atoms with E-state index in [1.165, 1.54) is 12.1 Å². The highest BCUT2D eigenvalue weighted by molar-refractivity contribution is 5.34. The summed E-state index contributed by atoms with van der Waals surface area (Å²) in [5.41, 5.74) is -1.33. The van der Waals surface area contributed by atoms with Gasteiger partial charge in [-0.3, -0.25) is 4.90 Å². The van der Waals surface area contributed by atoms with E-state index >= 15 is 0 Å². The molecule has 3 aromatic rings. The first-order valence-corrected chi connectivity index (χ1v) is 13.4. The number of piperazine rings is 1. The van der Waals surface area contributed by atoms with E-state index in [9.17, 15) is 13.2 Å². The van der Waals surface area contributed by atoms with Crippen LogP contribution in [0.2, 0.25) is 0 Å². The number of hydrogen-bond donors (Lipinski definition) is 0. The molecular weight excluding hydrogens is 493 g/mol. The monoisotopic (exact) mass is 530 g/mol. The lowest BCUT2D eigenvalue weighted by atomic mass is 9.92. The van der Waals surface area contributed by atoms with Crippen LogP contribution in [0, 0.1) is 0 Å². The summed E-state index contributed by atoms with van der Waals surface area (Å²) in [6, 6.07) is 7.24. The van der Waals surface area contributed by atoms with E-state index in [1.807, 2.05) is 23.8 Å². The number of benzene rings is 1. The van der Waals surface area contributed by atoms with Gasteiger partial charge < -0.3 is 14.2 Å². The van der Waals surface area contributed by atoms with Crippen LogP contribution >= 0.6 is 0 Å². The van der Waals surface area contributed by atoms with E-state index < -0.39 is 17.3 Å². The minimum absolute atomic E-state index is 0.422. The van der Waals surface area contributed by atoms with Crippen LogP contribution in [0.25, 0.3) is 0 Å². The molecule has 0 saturated carbocycles. The molecule has 1 aliphatic heterocycles. The number of halogens is 3. The van der Waals surface area contributed by atoms with Crippen LogP contribution in [-0.2, 0) is 23.1 Å². The number of rotatable bonds is 12. The maximum Gasteiger partial charge on any atom is 0.416 e. The van der Waals surface area contributed by atoms with Crippen molar-refractivity contribution in [2.45, 2.75) is 57.9 Å². The summed E-state index contributed by atoms with van der Waals surface area (Å²) >= 11 is 0. The molecule has 1 unspecified atom stereocenters. The van der Waals surface area contributed by atoms with Gasteiger partial charge in [0.1, 0.15) is 11.4 Å². The first-order chi connectivity index (χ1) is 18.3. The van der Waals surface area contributed by atoms with Crippen molar-refractivity contribution in [3.63, 3.8) is 0 Å². The zero-order valence-electron chi connectivity index (χ0n) is 22.2. The number of alkyl halides is 3. The normalized spacial score (nSPS) is 16.5. The van der Waals surface area contributed by atoms with Crippen molar-refractivity contribution < 1.29 is 17.9 Å². The van der Waals surface area contributed by atoms with Crippen LogP contribution in [-0.4, -0.2) is 63.7 Å². The number of imidazole rings is 1. The first kappa shape index (κ1) is 28.0. The number of hydrogen-bond acceptors (Lipinski definition) is 6. The van der Waals surface area contributed by atoms with Crippen molar-refractivity contribution >= 4 is 5.95 Å². The molecule has 1 fully saturated rings. The average molecular weight is 531 g/mol. The molecule has 38 heavy (non-hydrogen) atoms. The lowest BCUT2D eigenvalue weighted by Crippen LogP contribution is -2.47. The number of aromatic nitrogens is 4. The number of nitrogens with zero attached hydrogens (tertiary/aromatic N) is 6. The fraction of sp³-hybridized carbons (Fsp3) is 0.536. The quantitative estimate of drug-likeness (QED) is 0.293. The lowest BCUT2D eigenvalue weighted by molar-refractivity contribution is -0.137. The molecule has 1 aliphatic rings. The van der Waals surface area contributed by atoms with Crippen LogP contribution in [0.4, 0.5) is 19.1 Å². The molecule has 10 heteroatoms. The summed E-state index contributed by atoms with van der Waals surface area (Å²) in [6.07, 6.45) is 6.36. The third-order valence-corrected chi connectivity index (χ3v) is 7.10. The molecule has 7 nitrogen and oxygen atoms in total. The molecule has 0 spiro atoms. The van der Waals surface area contributed by atoms with Crippen molar-refractivity contribution in [2.75, 3.05) is 44.2 Å². The van der Waals surface area contributed by atoms with Crippen LogP contribution in [0.5, 0.6) is 0 Å². The molecule has 206 valence electrons. The number of aryl methyl sites for hydroxylation is 1. The summed E-state index contributed by atoms with van der Waals surface area (Å²) in [5.74, 6) is 1.40. The predicted molar refractivity (Wildman–Crippen MR) is 141 cm³/mol. The number of anilines is 1. The Morgan fingerprint density at radius 2 is 1.61 bits per heavy atom. The van der Waals surface area contributed by atoms with Crippen molar-refractivity contribution in [1.82, 2.24) is 24.4 Å². The van der Waals surface area contributed by atoms with Gasteiger partial charge in [0.05, 0.1) is 5.56 Å². The van der Waals surface area contributed by atoms with Crippen LogP contribution in [0.15, 0.2) is 55.1 Å². The Balaban J connectivity index is 1.37. The number of unbranched alkanes of at least 4 members (excludes halogenated alkanes) is 2. The minimum Gasteiger partial charge on any atom is -0.363 e. The van der Waals surface area contributed by atoms with Gasteiger partial charge in [-0.15, -0.1) is 0 Å². The minimum atomic E-state index is -4.43. The van der Waals surface area contributed by atoms with Crippen molar-refractivity contribution in [3.05, 3.63) is 72.1 Å². The third kappa shape index (κ3) is 6.91. The van der Waals surface area contributed by atoms with E-state index in [0.29, 0.717) is 18.0 Å². The highest BCUT2D eigenvalue weighted by atomic mass is 19.4. The molecule has 1 atom stereocenters. The Hall–Kier alpha value is -2.98. The molecule has 0 amide bonds. The second-order valence-electron chi connectivity index (χ2n) is 9.84. The molecule has 3 heterocycles. The molecule has 1 saturated heterocycles. The summed E-state index contributed by atoms with van der Waals surface area (Å²) in [5, 5.41) is 0. The van der Waals surface area contributed by atoms with Gasteiger partial charge in [-0.2, -0.15) is 13.2 Å². The smallest absolute Gasteiger partial charge is 0.363 e. The number of ether oxygens (including phenoxy) is 1. The zero-order valence-corrected chi connectivity index (χ0v) is 22.2. The predicted octanol–water partition coefficient (Wildman–Crippen LogP) is 5.37. The van der Waals surface area contributed by atoms with E-state index in [2.05, 4.69) is 31.7 Å². The third-order valence-electron chi connectivity index (χ3n) is 7.10. The molecule has 4 rings (SSSR count). The maximum atomic E-state index is 13.5. The Morgan fingerprint density at radius 1 is 0.868 bits per heavy atom. The van der Waals surface area contributed by atoms with Crippen molar-refractivity contribution in [1.29, 1.82) is 0 Å². The SMILES string of the molecule is CCCCn1ccnc1C(C)(OCCCCN1CCN(c2ncccn2)CC1)c1cccc(C(F)(F)F)c1. The van der Waals surface area contributed by atoms with E-state index in [1.54, 1.807) is 24.7 Å². The van der Waals surface area contributed by atoms with Gasteiger partial charge in [0, 0.05) is 64.1 Å².